The number of amides is 1. The van der Waals surface area contributed by atoms with Gasteiger partial charge in [-0.15, -0.1) is 6.58 Å². The molecule has 1 saturated heterocycles. The Hall–Kier alpha value is -2.82. The third kappa shape index (κ3) is 5.09. The van der Waals surface area contributed by atoms with Crippen molar-refractivity contribution in [3.05, 3.63) is 65.6 Å². The highest BCUT2D eigenvalue weighted by molar-refractivity contribution is 8.26. The van der Waals surface area contributed by atoms with Crippen LogP contribution in [0, 0.1) is 0 Å². The van der Waals surface area contributed by atoms with Crippen LogP contribution in [0.1, 0.15) is 5.56 Å². The van der Waals surface area contributed by atoms with Gasteiger partial charge in [-0.2, -0.15) is 8.42 Å². The summed E-state index contributed by atoms with van der Waals surface area (Å²) in [6, 6.07) is 10.5. The van der Waals surface area contributed by atoms with Gasteiger partial charge in [-0.3, -0.25) is 9.69 Å². The lowest BCUT2D eigenvalue weighted by Gasteiger charge is -2.12. The summed E-state index contributed by atoms with van der Waals surface area (Å²) in [6.45, 7) is 3.96. The van der Waals surface area contributed by atoms with Gasteiger partial charge in [0.15, 0.2) is 11.5 Å². The zero-order valence-electron chi connectivity index (χ0n) is 16.7. The molecule has 7 nitrogen and oxygen atoms in total. The molecule has 1 aliphatic rings. The molecule has 2 aromatic carbocycles. The van der Waals surface area contributed by atoms with Crippen LogP contribution in [0.5, 0.6) is 17.2 Å². The van der Waals surface area contributed by atoms with E-state index < -0.39 is 10.1 Å². The zero-order chi connectivity index (χ0) is 22.6. The third-order valence-electron chi connectivity index (χ3n) is 4.22. The number of hydrogen-bond donors (Lipinski definition) is 0. The molecule has 10 heteroatoms. The van der Waals surface area contributed by atoms with Gasteiger partial charge in [0.1, 0.15) is 15.0 Å². The van der Waals surface area contributed by atoms with Crippen molar-refractivity contribution in [2.75, 3.05) is 20.8 Å². The van der Waals surface area contributed by atoms with E-state index in [9.17, 15) is 13.2 Å². The maximum atomic E-state index is 12.6. The van der Waals surface area contributed by atoms with Gasteiger partial charge < -0.3 is 13.7 Å². The summed E-state index contributed by atoms with van der Waals surface area (Å²) in [7, 11) is -1.19. The van der Waals surface area contributed by atoms with E-state index in [1.807, 2.05) is 0 Å². The Bertz CT molecular complexity index is 1160. The van der Waals surface area contributed by atoms with E-state index in [2.05, 4.69) is 6.58 Å². The average molecular weight is 478 g/mol. The number of rotatable bonds is 8. The van der Waals surface area contributed by atoms with Gasteiger partial charge >= 0.3 is 10.1 Å². The minimum absolute atomic E-state index is 0.0228. The molecule has 1 fully saturated rings. The molecule has 162 valence electrons. The predicted octanol–water partition coefficient (Wildman–Crippen LogP) is 3.86. The van der Waals surface area contributed by atoms with Gasteiger partial charge in [0.25, 0.3) is 5.91 Å². The molecule has 0 atom stereocenters. The second kappa shape index (κ2) is 9.54. The van der Waals surface area contributed by atoms with E-state index in [0.717, 1.165) is 0 Å². The van der Waals surface area contributed by atoms with Crippen molar-refractivity contribution in [2.45, 2.75) is 4.90 Å². The molecule has 3 rings (SSSR count). The molecule has 1 amide bonds. The first-order valence-electron chi connectivity index (χ1n) is 8.92. The third-order valence-corrected chi connectivity index (χ3v) is 6.84. The molecule has 0 spiro atoms. The van der Waals surface area contributed by atoms with Crippen LogP contribution in [0.15, 0.2) is 64.9 Å². The van der Waals surface area contributed by atoms with E-state index in [1.54, 1.807) is 24.3 Å². The van der Waals surface area contributed by atoms with Crippen molar-refractivity contribution in [2.24, 2.45) is 0 Å². The van der Waals surface area contributed by atoms with Crippen molar-refractivity contribution in [3.63, 3.8) is 0 Å². The van der Waals surface area contributed by atoms with E-state index in [-0.39, 0.29) is 22.3 Å². The van der Waals surface area contributed by atoms with Gasteiger partial charge in [-0.25, -0.2) is 0 Å². The first-order chi connectivity index (χ1) is 14.8. The van der Waals surface area contributed by atoms with Gasteiger partial charge in [-0.05, 0) is 48.0 Å². The predicted molar refractivity (Wildman–Crippen MR) is 124 cm³/mol. The standard InChI is InChI=1S/C21H19NO6S3/c1-4-11-22-20(23)19(30-21(22)29)13-14-5-10-17(18(12-14)27-3)28-31(24,25)16-8-6-15(26-2)7-9-16/h4-10,12-13H,1,11H2,2-3H3. The number of carbonyl (C=O) groups excluding carboxylic acids is 1. The molecule has 0 unspecified atom stereocenters. The topological polar surface area (TPSA) is 82.1 Å². The first-order valence-corrected chi connectivity index (χ1v) is 11.5. The number of hydrogen-bond acceptors (Lipinski definition) is 8. The Kier molecular flexibility index (Phi) is 7.04. The molecule has 0 aliphatic carbocycles. The van der Waals surface area contributed by atoms with Gasteiger partial charge in [0.2, 0.25) is 0 Å². The van der Waals surface area contributed by atoms with Crippen LogP contribution < -0.4 is 13.7 Å². The van der Waals surface area contributed by atoms with E-state index in [1.165, 1.54) is 61.2 Å². The summed E-state index contributed by atoms with van der Waals surface area (Å²) >= 11 is 6.42. The molecular weight excluding hydrogens is 458 g/mol. The van der Waals surface area contributed by atoms with Gasteiger partial charge in [0.05, 0.1) is 19.1 Å². The summed E-state index contributed by atoms with van der Waals surface area (Å²) in [5.74, 6) is 0.540. The zero-order valence-corrected chi connectivity index (χ0v) is 19.2. The van der Waals surface area contributed by atoms with Crippen LogP contribution in [0.25, 0.3) is 6.08 Å². The fraction of sp³-hybridized carbons (Fsp3) is 0.143. The highest BCUT2D eigenvalue weighted by Gasteiger charge is 2.31. The number of methoxy groups -OCH3 is 2. The Morgan fingerprint density at radius 1 is 1.10 bits per heavy atom. The maximum Gasteiger partial charge on any atom is 0.339 e. The van der Waals surface area contributed by atoms with Gasteiger partial charge in [-0.1, -0.05) is 36.1 Å². The van der Waals surface area contributed by atoms with Crippen molar-refractivity contribution in [3.8, 4) is 17.2 Å². The Morgan fingerprint density at radius 3 is 2.42 bits per heavy atom. The van der Waals surface area contributed by atoms with Crippen LogP contribution in [0.2, 0.25) is 0 Å². The molecule has 0 saturated carbocycles. The molecule has 0 N–H and O–H groups in total. The van der Waals surface area contributed by atoms with Crippen molar-refractivity contribution < 1.29 is 26.9 Å². The smallest absolute Gasteiger partial charge is 0.339 e. The molecule has 0 radical (unpaired) electrons. The minimum Gasteiger partial charge on any atom is -0.497 e. The van der Waals surface area contributed by atoms with Crippen LogP contribution in [0.4, 0.5) is 0 Å². The summed E-state index contributed by atoms with van der Waals surface area (Å²) in [5.41, 5.74) is 0.630. The Morgan fingerprint density at radius 2 is 1.81 bits per heavy atom. The van der Waals surface area contributed by atoms with Crippen molar-refractivity contribution in [1.29, 1.82) is 0 Å². The highest BCUT2D eigenvalue weighted by atomic mass is 32.2. The van der Waals surface area contributed by atoms with E-state index in [4.69, 9.17) is 25.9 Å². The van der Waals surface area contributed by atoms with Crippen LogP contribution in [0.3, 0.4) is 0 Å². The number of thioether (sulfide) groups is 1. The molecule has 0 aromatic heterocycles. The van der Waals surface area contributed by atoms with Crippen LogP contribution >= 0.6 is 24.0 Å². The fourth-order valence-electron chi connectivity index (χ4n) is 2.69. The minimum atomic E-state index is -4.08. The highest BCUT2D eigenvalue weighted by Crippen LogP contribution is 2.35. The van der Waals surface area contributed by atoms with Gasteiger partial charge in [0, 0.05) is 6.54 Å². The number of thiocarbonyl (C=S) groups is 1. The normalized spacial score (nSPS) is 15.3. The summed E-state index contributed by atoms with van der Waals surface area (Å²) in [6.07, 6.45) is 3.26. The fourth-order valence-corrected chi connectivity index (χ4v) is 4.90. The van der Waals surface area contributed by atoms with E-state index in [0.29, 0.717) is 27.1 Å². The molecule has 31 heavy (non-hydrogen) atoms. The lowest BCUT2D eigenvalue weighted by Crippen LogP contribution is -2.27. The summed E-state index contributed by atoms with van der Waals surface area (Å²) < 4.78 is 41.3. The second-order valence-electron chi connectivity index (χ2n) is 6.20. The average Bonchev–Trinajstić information content (AvgIpc) is 3.02. The SMILES string of the molecule is C=CCN1C(=O)C(=Cc2ccc(OS(=O)(=O)c3ccc(OC)cc3)c(OC)c2)SC1=S. The lowest BCUT2D eigenvalue weighted by molar-refractivity contribution is -0.121. The van der Waals surface area contributed by atoms with Crippen LogP contribution in [-0.2, 0) is 14.9 Å². The number of nitrogens with zero attached hydrogens (tertiary/aromatic N) is 1. The first kappa shape index (κ1) is 22.9. The van der Waals surface area contributed by atoms with E-state index >= 15 is 0 Å². The van der Waals surface area contributed by atoms with Crippen molar-refractivity contribution in [1.82, 2.24) is 4.90 Å². The van der Waals surface area contributed by atoms with Crippen molar-refractivity contribution >= 4 is 50.4 Å². The molecule has 2 aromatic rings. The Balaban J connectivity index is 1.85. The summed E-state index contributed by atoms with van der Waals surface area (Å²) in [5, 5.41) is 0. The quantitative estimate of drug-likeness (QED) is 0.245. The molecule has 0 bridgehead atoms. The molecular formula is C21H19NO6S3. The number of benzene rings is 2. The second-order valence-corrected chi connectivity index (χ2v) is 9.43. The monoisotopic (exact) mass is 477 g/mol. The summed E-state index contributed by atoms with van der Waals surface area (Å²) in [4.78, 5) is 14.4. The van der Waals surface area contributed by atoms with Crippen LogP contribution in [-0.4, -0.2) is 44.3 Å². The largest absolute Gasteiger partial charge is 0.497 e. The molecule has 1 heterocycles. The Labute approximate surface area is 190 Å². The number of ether oxygens (including phenoxy) is 2. The molecule has 1 aliphatic heterocycles. The number of carbonyl (C=O) groups is 1. The lowest BCUT2D eigenvalue weighted by atomic mass is 10.2. The maximum absolute atomic E-state index is 12.6.